The number of likely N-dealkylation sites (tertiary alicyclic amines) is 1. The highest BCUT2D eigenvalue weighted by Gasteiger charge is 2.60. The summed E-state index contributed by atoms with van der Waals surface area (Å²) in [5.74, 6) is 4.30. The molecular weight excluding hydrogens is 468 g/mol. The summed E-state index contributed by atoms with van der Waals surface area (Å²) in [5.41, 5.74) is -0.457. The van der Waals surface area contributed by atoms with Gasteiger partial charge in [-0.2, -0.15) is 0 Å². The van der Waals surface area contributed by atoms with Crippen LogP contribution in [0.3, 0.4) is 0 Å². The number of aliphatic hydroxyl groups is 1. The van der Waals surface area contributed by atoms with Crippen molar-refractivity contribution in [3.8, 4) is 0 Å². The molecule has 1 amide bonds. The Kier molecular flexibility index (Phi) is 6.78. The van der Waals surface area contributed by atoms with E-state index in [-0.39, 0.29) is 17.4 Å². The summed E-state index contributed by atoms with van der Waals surface area (Å²) in [6, 6.07) is 0.198. The van der Waals surface area contributed by atoms with Crippen LogP contribution >= 0.6 is 11.3 Å². The number of nitrogens with zero attached hydrogens (tertiary/aromatic N) is 2. The van der Waals surface area contributed by atoms with Crippen LogP contribution in [0.1, 0.15) is 100 Å². The first-order valence-corrected chi connectivity index (χ1v) is 15.7. The van der Waals surface area contributed by atoms with Gasteiger partial charge >= 0.3 is 0 Å². The molecule has 2 heterocycles. The van der Waals surface area contributed by atoms with Crippen molar-refractivity contribution in [1.29, 1.82) is 0 Å². The van der Waals surface area contributed by atoms with Crippen molar-refractivity contribution in [3.05, 3.63) is 16.1 Å². The Hall–Kier alpha value is -0.980. The highest BCUT2D eigenvalue weighted by molar-refractivity contribution is 7.11. The predicted molar refractivity (Wildman–Crippen MR) is 143 cm³/mol. The summed E-state index contributed by atoms with van der Waals surface area (Å²) < 4.78 is 5.66. The van der Waals surface area contributed by atoms with Crippen LogP contribution in [-0.4, -0.2) is 46.3 Å². The Morgan fingerprint density at radius 2 is 1.97 bits per heavy atom. The van der Waals surface area contributed by atoms with Crippen molar-refractivity contribution in [2.45, 2.75) is 103 Å². The lowest BCUT2D eigenvalue weighted by atomic mass is 9.49. The number of ether oxygens (including phenoxy) is 1. The second kappa shape index (κ2) is 9.64. The number of aryl methyl sites for hydroxylation is 1. The molecule has 5 nitrogen and oxygen atoms in total. The van der Waals surface area contributed by atoms with Gasteiger partial charge in [0, 0.05) is 30.1 Å². The quantitative estimate of drug-likeness (QED) is 0.512. The van der Waals surface area contributed by atoms with Crippen LogP contribution in [0, 0.1) is 47.8 Å². The number of thiazole rings is 1. The van der Waals surface area contributed by atoms with E-state index >= 15 is 0 Å². The first kappa shape index (κ1) is 25.3. The number of rotatable bonds is 5. The fraction of sp³-hybridized carbons (Fsp3) is 0.867. The van der Waals surface area contributed by atoms with Gasteiger partial charge in [0.1, 0.15) is 5.01 Å². The molecule has 1 unspecified atom stereocenters. The van der Waals surface area contributed by atoms with Crippen LogP contribution < -0.4 is 0 Å². The van der Waals surface area contributed by atoms with Gasteiger partial charge in [-0.05, 0) is 119 Å². The van der Waals surface area contributed by atoms with Crippen LogP contribution in [-0.2, 0) is 9.53 Å². The number of carbonyl (C=O) groups is 1. The zero-order chi connectivity index (χ0) is 25.1. The molecule has 4 saturated carbocycles. The van der Waals surface area contributed by atoms with Crippen LogP contribution in [0.25, 0.3) is 0 Å². The van der Waals surface area contributed by atoms with Gasteiger partial charge in [-0.25, -0.2) is 4.98 Å². The highest BCUT2D eigenvalue weighted by Crippen LogP contribution is 2.65. The van der Waals surface area contributed by atoms with Crippen molar-refractivity contribution < 1.29 is 14.6 Å². The Balaban J connectivity index is 1.16. The second-order valence-electron chi connectivity index (χ2n) is 13.2. The average molecular weight is 515 g/mol. The van der Waals surface area contributed by atoms with Gasteiger partial charge in [0.25, 0.3) is 0 Å². The van der Waals surface area contributed by atoms with Gasteiger partial charge in [0.05, 0.1) is 18.2 Å². The molecule has 1 aliphatic heterocycles. The van der Waals surface area contributed by atoms with Gasteiger partial charge in [-0.3, -0.25) is 4.79 Å². The van der Waals surface area contributed by atoms with E-state index < -0.39 is 5.60 Å². The molecule has 0 aromatic carbocycles. The number of hydrogen-bond acceptors (Lipinski definition) is 5. The Morgan fingerprint density at radius 1 is 1.14 bits per heavy atom. The smallest absolute Gasteiger partial charge is 0.226 e. The first-order valence-electron chi connectivity index (χ1n) is 14.9. The number of fused-ring (bicyclic) bond motifs is 5. The van der Waals surface area contributed by atoms with Crippen molar-refractivity contribution in [2.75, 3.05) is 19.8 Å². The Bertz CT molecular complexity index is 966. The molecule has 6 rings (SSSR count). The van der Waals surface area contributed by atoms with E-state index in [1.54, 1.807) is 11.3 Å². The van der Waals surface area contributed by atoms with E-state index in [0.29, 0.717) is 31.0 Å². The summed E-state index contributed by atoms with van der Waals surface area (Å²) in [6.45, 7) is 8.70. The second-order valence-corrected chi connectivity index (χ2v) is 14.5. The van der Waals surface area contributed by atoms with Gasteiger partial charge < -0.3 is 14.7 Å². The third-order valence-corrected chi connectivity index (χ3v) is 12.5. The molecule has 0 spiro atoms. The Labute approximate surface area is 221 Å². The van der Waals surface area contributed by atoms with Crippen LogP contribution in [0.2, 0.25) is 0 Å². The van der Waals surface area contributed by atoms with Gasteiger partial charge in [0.15, 0.2) is 0 Å². The van der Waals surface area contributed by atoms with E-state index in [1.807, 2.05) is 13.1 Å². The van der Waals surface area contributed by atoms with Crippen LogP contribution in [0.5, 0.6) is 0 Å². The van der Waals surface area contributed by atoms with Crippen molar-refractivity contribution in [2.24, 2.45) is 40.9 Å². The summed E-state index contributed by atoms with van der Waals surface area (Å²) in [7, 11) is 0. The maximum Gasteiger partial charge on any atom is 0.226 e. The summed E-state index contributed by atoms with van der Waals surface area (Å²) >= 11 is 1.77. The molecule has 5 fully saturated rings. The average Bonchev–Trinajstić information content (AvgIpc) is 3.60. The Morgan fingerprint density at radius 3 is 2.75 bits per heavy atom. The van der Waals surface area contributed by atoms with Gasteiger partial charge in [-0.15, -0.1) is 11.3 Å². The molecule has 5 aliphatic rings. The molecule has 6 heteroatoms. The topological polar surface area (TPSA) is 62.7 Å². The fourth-order valence-corrected chi connectivity index (χ4v) is 10.7. The van der Waals surface area contributed by atoms with Crippen LogP contribution in [0.4, 0.5) is 0 Å². The van der Waals surface area contributed by atoms with Gasteiger partial charge in [-0.1, -0.05) is 6.92 Å². The third kappa shape index (κ3) is 4.18. The first-order chi connectivity index (χ1) is 17.3. The van der Waals surface area contributed by atoms with E-state index in [9.17, 15) is 9.90 Å². The van der Waals surface area contributed by atoms with E-state index in [0.717, 1.165) is 67.8 Å². The lowest BCUT2D eigenvalue weighted by Crippen LogP contribution is -2.53. The molecule has 1 aromatic heterocycles. The molecule has 1 N–H and O–H groups in total. The van der Waals surface area contributed by atoms with E-state index in [4.69, 9.17) is 4.74 Å². The lowest BCUT2D eigenvalue weighted by Gasteiger charge is -2.57. The standard InChI is InChI=1S/C30H46N2O3S/c1-4-35-18-30(34)14-12-21-20(16-30)7-8-23-22(21)11-13-29(3)24(23)9-10-25(29)28(33)32-15-5-6-26(32)27-31-17-19(2)36-27/h17,20-26,34H,4-16,18H2,1-3H3/t20-,21+,22-,23-,24+,25-,26?,29+,30-/m1/s1. The number of hydrogen-bond donors (Lipinski definition) is 1. The lowest BCUT2D eigenvalue weighted by molar-refractivity contribution is -0.147. The zero-order valence-corrected chi connectivity index (χ0v) is 23.4. The molecule has 200 valence electrons. The minimum atomic E-state index is -0.611. The minimum absolute atomic E-state index is 0.154. The molecule has 4 aliphatic carbocycles. The number of aromatic nitrogens is 1. The molecule has 9 atom stereocenters. The van der Waals surface area contributed by atoms with Crippen molar-refractivity contribution in [1.82, 2.24) is 9.88 Å². The molecule has 0 bridgehead atoms. The molecule has 1 saturated heterocycles. The molecule has 36 heavy (non-hydrogen) atoms. The van der Waals surface area contributed by atoms with E-state index in [2.05, 4.69) is 23.7 Å². The van der Waals surface area contributed by atoms with Crippen molar-refractivity contribution >= 4 is 17.2 Å². The normalized spacial score (nSPS) is 44.2. The van der Waals surface area contributed by atoms with E-state index in [1.165, 1.54) is 37.0 Å². The van der Waals surface area contributed by atoms with Gasteiger partial charge in [0.2, 0.25) is 5.91 Å². The molecular formula is C30H46N2O3S. The maximum absolute atomic E-state index is 14.1. The monoisotopic (exact) mass is 514 g/mol. The SMILES string of the molecule is CCOC[C@@]1(O)CC[C@H]2[C@H](CC[C@@H]3[C@@H]2CC[C@]2(C)[C@@H](C(=O)N4CCCC4c4ncc(C)s4)CC[C@@H]32)C1. The van der Waals surface area contributed by atoms with Crippen LogP contribution in [0.15, 0.2) is 6.20 Å². The number of amides is 1. The summed E-state index contributed by atoms with van der Waals surface area (Å²) in [4.78, 5) is 22.2. The third-order valence-electron chi connectivity index (χ3n) is 11.4. The summed E-state index contributed by atoms with van der Waals surface area (Å²) in [5, 5.41) is 12.3. The zero-order valence-electron chi connectivity index (χ0n) is 22.6. The highest BCUT2D eigenvalue weighted by atomic mass is 32.1. The summed E-state index contributed by atoms with van der Waals surface area (Å²) in [6.07, 6.45) is 14.5. The maximum atomic E-state index is 14.1. The minimum Gasteiger partial charge on any atom is -0.387 e. The molecule has 1 aromatic rings. The fourth-order valence-electron chi connectivity index (χ4n) is 9.80. The largest absolute Gasteiger partial charge is 0.387 e. The van der Waals surface area contributed by atoms with Crippen molar-refractivity contribution in [3.63, 3.8) is 0 Å². The number of carbonyl (C=O) groups excluding carboxylic acids is 1. The predicted octanol–water partition coefficient (Wildman–Crippen LogP) is 6.15. The molecule has 0 radical (unpaired) electrons.